The maximum Gasteiger partial charge on any atom is 0.407 e. The molecular weight excluding hydrogens is 451 g/mol. The second-order valence-electron chi connectivity index (χ2n) is 9.75. The van der Waals surface area contributed by atoms with E-state index in [1.807, 2.05) is 48.5 Å². The molecule has 2 N–H and O–H groups in total. The van der Waals surface area contributed by atoms with E-state index in [4.69, 9.17) is 4.74 Å². The number of nitrogens with zero attached hydrogens (tertiary/aromatic N) is 1. The summed E-state index contributed by atoms with van der Waals surface area (Å²) in [5.74, 6) is -1.80. The third-order valence-electron chi connectivity index (χ3n) is 7.53. The first-order valence-electron chi connectivity index (χ1n) is 12.2. The summed E-state index contributed by atoms with van der Waals surface area (Å²) in [6, 6.07) is 14.6. The highest BCUT2D eigenvalue weighted by Gasteiger charge is 2.48. The summed E-state index contributed by atoms with van der Waals surface area (Å²) in [5.41, 5.74) is 3.06. The highest BCUT2D eigenvalue weighted by atomic mass is 19.1. The van der Waals surface area contributed by atoms with E-state index < -0.39 is 36.1 Å². The average Bonchev–Trinajstić information content (AvgIpc) is 3.66. The van der Waals surface area contributed by atoms with Crippen molar-refractivity contribution in [1.29, 1.82) is 0 Å². The summed E-state index contributed by atoms with van der Waals surface area (Å²) >= 11 is 0. The lowest BCUT2D eigenvalue weighted by Gasteiger charge is -2.38. The Morgan fingerprint density at radius 3 is 2.14 bits per heavy atom. The summed E-state index contributed by atoms with van der Waals surface area (Å²) in [6.07, 6.45) is 0.845. The van der Waals surface area contributed by atoms with Gasteiger partial charge in [-0.3, -0.25) is 9.59 Å². The van der Waals surface area contributed by atoms with Gasteiger partial charge in [0.25, 0.3) is 0 Å². The monoisotopic (exact) mass is 480 g/mol. The van der Waals surface area contributed by atoms with Crippen LogP contribution < -0.4 is 5.32 Å². The largest absolute Gasteiger partial charge is 0.481 e. The van der Waals surface area contributed by atoms with Gasteiger partial charge in [-0.05, 0) is 53.9 Å². The number of alkyl halides is 1. The molecule has 1 aliphatic heterocycles. The van der Waals surface area contributed by atoms with Crippen LogP contribution in [0.25, 0.3) is 11.1 Å². The fraction of sp³-hybridized carbons (Fsp3) is 0.444. The number of ether oxygens (including phenoxy) is 1. The molecule has 0 bridgehead atoms. The van der Waals surface area contributed by atoms with Gasteiger partial charge in [-0.1, -0.05) is 48.5 Å². The summed E-state index contributed by atoms with van der Waals surface area (Å²) in [6.45, 7) is 0.492. The summed E-state index contributed by atoms with van der Waals surface area (Å²) in [7, 11) is 0. The molecule has 2 fully saturated rings. The number of alkyl carbamates (subject to hydrolysis) is 1. The first kappa shape index (κ1) is 23.3. The normalized spacial score (nSPS) is 19.4. The molecule has 2 aromatic rings. The molecule has 8 heteroatoms. The van der Waals surface area contributed by atoms with Crippen molar-refractivity contribution >= 4 is 18.0 Å². The number of rotatable bonds is 7. The van der Waals surface area contributed by atoms with Crippen molar-refractivity contribution in [1.82, 2.24) is 10.2 Å². The second kappa shape index (κ2) is 9.32. The molecule has 0 radical (unpaired) electrons. The molecule has 184 valence electrons. The van der Waals surface area contributed by atoms with E-state index >= 15 is 0 Å². The predicted molar refractivity (Wildman–Crippen MR) is 127 cm³/mol. The Bertz CT molecular complexity index is 1090. The lowest BCUT2D eigenvalue weighted by Crippen LogP contribution is -2.53. The molecule has 5 rings (SSSR count). The highest BCUT2D eigenvalue weighted by Crippen LogP contribution is 2.48. The van der Waals surface area contributed by atoms with E-state index in [1.165, 1.54) is 4.90 Å². The van der Waals surface area contributed by atoms with Crippen LogP contribution in [-0.2, 0) is 14.3 Å². The van der Waals surface area contributed by atoms with Crippen LogP contribution in [0.1, 0.15) is 49.1 Å². The molecule has 2 aliphatic carbocycles. The van der Waals surface area contributed by atoms with Crippen LogP contribution >= 0.6 is 0 Å². The summed E-state index contributed by atoms with van der Waals surface area (Å²) in [4.78, 5) is 38.5. The molecule has 1 atom stereocenters. The van der Waals surface area contributed by atoms with Crippen LogP contribution in [0.5, 0.6) is 0 Å². The van der Waals surface area contributed by atoms with Gasteiger partial charge in [-0.2, -0.15) is 0 Å². The zero-order chi connectivity index (χ0) is 24.6. The van der Waals surface area contributed by atoms with Gasteiger partial charge in [-0.15, -0.1) is 0 Å². The Morgan fingerprint density at radius 2 is 1.60 bits per heavy atom. The SMILES string of the molecule is O=C(O)CC(NC(=O)OCC1c2ccccc2-c2ccccc21)C(=O)N1CCC(F)(C2CC2)CC1. The quantitative estimate of drug-likeness (QED) is 0.622. The number of nitrogens with one attached hydrogen (secondary N) is 1. The van der Waals surface area contributed by atoms with Crippen LogP contribution in [-0.4, -0.2) is 59.4 Å². The van der Waals surface area contributed by atoms with E-state index in [0.717, 1.165) is 35.1 Å². The van der Waals surface area contributed by atoms with E-state index in [2.05, 4.69) is 5.32 Å². The van der Waals surface area contributed by atoms with Crippen molar-refractivity contribution < 1.29 is 28.6 Å². The van der Waals surface area contributed by atoms with E-state index in [9.17, 15) is 23.9 Å². The number of benzene rings is 2. The van der Waals surface area contributed by atoms with Crippen molar-refractivity contribution in [3.63, 3.8) is 0 Å². The van der Waals surface area contributed by atoms with Crippen molar-refractivity contribution in [2.75, 3.05) is 19.7 Å². The van der Waals surface area contributed by atoms with Crippen LogP contribution in [0.4, 0.5) is 9.18 Å². The maximum absolute atomic E-state index is 15.0. The third-order valence-corrected chi connectivity index (χ3v) is 7.53. The van der Waals surface area contributed by atoms with Crippen LogP contribution in [0, 0.1) is 5.92 Å². The van der Waals surface area contributed by atoms with Crippen molar-refractivity contribution in [2.45, 2.75) is 49.7 Å². The third kappa shape index (κ3) is 4.74. The molecular formula is C27H29FN2O5. The topological polar surface area (TPSA) is 95.9 Å². The maximum atomic E-state index is 15.0. The number of hydrogen-bond donors (Lipinski definition) is 2. The minimum atomic E-state index is -1.27. The molecule has 35 heavy (non-hydrogen) atoms. The lowest BCUT2D eigenvalue weighted by molar-refractivity contribution is -0.143. The molecule has 0 aromatic heterocycles. The first-order chi connectivity index (χ1) is 16.9. The van der Waals surface area contributed by atoms with Gasteiger partial charge in [0.15, 0.2) is 0 Å². The summed E-state index contributed by atoms with van der Waals surface area (Å²) < 4.78 is 20.4. The Morgan fingerprint density at radius 1 is 1.03 bits per heavy atom. The van der Waals surface area contributed by atoms with Crippen LogP contribution in [0.3, 0.4) is 0 Å². The predicted octanol–water partition coefficient (Wildman–Crippen LogP) is 4.11. The number of likely N-dealkylation sites (tertiary alicyclic amines) is 1. The summed E-state index contributed by atoms with van der Waals surface area (Å²) in [5, 5.41) is 11.8. The smallest absolute Gasteiger partial charge is 0.407 e. The van der Waals surface area contributed by atoms with E-state index in [0.29, 0.717) is 0 Å². The van der Waals surface area contributed by atoms with E-state index in [-0.39, 0.29) is 44.4 Å². The number of halogens is 1. The first-order valence-corrected chi connectivity index (χ1v) is 12.2. The number of amides is 2. The van der Waals surface area contributed by atoms with Gasteiger partial charge >= 0.3 is 12.1 Å². The number of aliphatic carboxylic acids is 1. The fourth-order valence-corrected chi connectivity index (χ4v) is 5.49. The van der Waals surface area contributed by atoms with Crippen molar-refractivity contribution in [3.05, 3.63) is 59.7 Å². The molecule has 1 heterocycles. The lowest BCUT2D eigenvalue weighted by atomic mass is 9.88. The zero-order valence-corrected chi connectivity index (χ0v) is 19.4. The molecule has 0 spiro atoms. The van der Waals surface area contributed by atoms with E-state index in [1.54, 1.807) is 0 Å². The Kier molecular flexibility index (Phi) is 6.21. The zero-order valence-electron chi connectivity index (χ0n) is 19.4. The Hall–Kier alpha value is -3.42. The molecule has 1 saturated carbocycles. The highest BCUT2D eigenvalue weighted by molar-refractivity contribution is 5.89. The van der Waals surface area contributed by atoms with Gasteiger partial charge in [0, 0.05) is 19.0 Å². The average molecular weight is 481 g/mol. The van der Waals surface area contributed by atoms with Gasteiger partial charge in [0.05, 0.1) is 6.42 Å². The van der Waals surface area contributed by atoms with Gasteiger partial charge < -0.3 is 20.1 Å². The number of carbonyl (C=O) groups is 3. The Balaban J connectivity index is 1.22. The number of carbonyl (C=O) groups excluding carboxylic acids is 2. The standard InChI is InChI=1S/C27H29FN2O5/c28-27(17-9-10-17)11-13-30(14-12-27)25(33)23(15-24(31)32)29-26(34)35-16-22-20-7-3-1-5-18(20)19-6-2-4-8-21(19)22/h1-8,17,22-23H,9-16H2,(H,29,34)(H,31,32). The van der Waals surface area contributed by atoms with Crippen LogP contribution in [0.15, 0.2) is 48.5 Å². The molecule has 1 saturated heterocycles. The molecule has 3 aliphatic rings. The number of carboxylic acids is 1. The fourth-order valence-electron chi connectivity index (χ4n) is 5.49. The number of carboxylic acid groups (broad SMARTS) is 1. The Labute approximate surface area is 203 Å². The second-order valence-corrected chi connectivity index (χ2v) is 9.75. The van der Waals surface area contributed by atoms with Gasteiger partial charge in [0.1, 0.15) is 18.3 Å². The minimum Gasteiger partial charge on any atom is -0.481 e. The molecule has 7 nitrogen and oxygen atoms in total. The molecule has 2 aromatic carbocycles. The van der Waals surface area contributed by atoms with Crippen molar-refractivity contribution in [3.8, 4) is 11.1 Å². The number of hydrogen-bond acceptors (Lipinski definition) is 4. The van der Waals surface area contributed by atoms with Gasteiger partial charge in [-0.25, -0.2) is 9.18 Å². The van der Waals surface area contributed by atoms with Crippen LogP contribution in [0.2, 0.25) is 0 Å². The van der Waals surface area contributed by atoms with Crippen molar-refractivity contribution in [2.24, 2.45) is 5.92 Å². The molecule has 2 amide bonds. The molecule has 1 unspecified atom stereocenters. The van der Waals surface area contributed by atoms with Gasteiger partial charge in [0.2, 0.25) is 5.91 Å². The minimum absolute atomic E-state index is 0.0588. The number of fused-ring (bicyclic) bond motifs is 3. The number of piperidine rings is 1.